The molecular weight excluding hydrogens is 383 g/mol. The minimum atomic E-state index is -0.770. The zero-order chi connectivity index (χ0) is 22.3. The van der Waals surface area contributed by atoms with Gasteiger partial charge in [0, 0.05) is 18.2 Å². The Morgan fingerprint density at radius 1 is 1.13 bits per heavy atom. The topological polar surface area (TPSA) is 58.6 Å². The first-order valence-electron chi connectivity index (χ1n) is 10.3. The molecule has 0 aliphatic rings. The second-order valence-corrected chi connectivity index (χ2v) is 7.66. The SMILES string of the molecule is CC[C@H](C)NC(=O)[C@H](C)N(Cc1ccccc1F)C(=O)COc1ccc(C)cc1C. The fourth-order valence-electron chi connectivity index (χ4n) is 3.04. The largest absolute Gasteiger partial charge is 0.483 e. The maximum absolute atomic E-state index is 14.2. The minimum Gasteiger partial charge on any atom is -0.483 e. The van der Waals surface area contributed by atoms with Gasteiger partial charge in [0.25, 0.3) is 5.91 Å². The first kappa shape index (κ1) is 23.4. The normalized spacial score (nSPS) is 12.7. The van der Waals surface area contributed by atoms with Crippen LogP contribution in [-0.2, 0) is 16.1 Å². The van der Waals surface area contributed by atoms with Crippen LogP contribution in [0.1, 0.15) is 43.9 Å². The quantitative estimate of drug-likeness (QED) is 0.671. The van der Waals surface area contributed by atoms with Crippen LogP contribution in [0.15, 0.2) is 42.5 Å². The van der Waals surface area contributed by atoms with Crippen molar-refractivity contribution in [2.45, 2.75) is 59.7 Å². The molecule has 5 nitrogen and oxygen atoms in total. The van der Waals surface area contributed by atoms with Crippen LogP contribution in [0.25, 0.3) is 0 Å². The Hall–Kier alpha value is -2.89. The van der Waals surface area contributed by atoms with Crippen LogP contribution in [0.4, 0.5) is 4.39 Å². The first-order chi connectivity index (χ1) is 14.2. The monoisotopic (exact) mass is 414 g/mol. The van der Waals surface area contributed by atoms with Crippen molar-refractivity contribution in [3.63, 3.8) is 0 Å². The summed E-state index contributed by atoms with van der Waals surface area (Å²) in [6.07, 6.45) is 0.773. The maximum Gasteiger partial charge on any atom is 0.261 e. The molecule has 2 aromatic rings. The van der Waals surface area contributed by atoms with Crippen molar-refractivity contribution in [2.75, 3.05) is 6.61 Å². The van der Waals surface area contributed by atoms with Crippen LogP contribution < -0.4 is 10.1 Å². The lowest BCUT2D eigenvalue weighted by molar-refractivity contribution is -0.142. The van der Waals surface area contributed by atoms with E-state index in [0.29, 0.717) is 11.3 Å². The predicted molar refractivity (Wildman–Crippen MR) is 116 cm³/mol. The predicted octanol–water partition coefficient (Wildman–Crippen LogP) is 4.15. The molecule has 0 aliphatic carbocycles. The number of nitrogens with zero attached hydrogens (tertiary/aromatic N) is 1. The average molecular weight is 415 g/mol. The molecule has 0 bridgehead atoms. The summed E-state index contributed by atoms with van der Waals surface area (Å²) in [7, 11) is 0. The number of aryl methyl sites for hydroxylation is 2. The Kier molecular flexibility index (Phi) is 8.39. The van der Waals surface area contributed by atoms with E-state index in [-0.39, 0.29) is 31.0 Å². The molecule has 0 aliphatic heterocycles. The van der Waals surface area contributed by atoms with Crippen LogP contribution in [0.5, 0.6) is 5.75 Å². The molecule has 0 aromatic heterocycles. The Bertz CT molecular complexity index is 885. The lowest BCUT2D eigenvalue weighted by atomic mass is 10.1. The van der Waals surface area contributed by atoms with Gasteiger partial charge in [-0.15, -0.1) is 0 Å². The average Bonchev–Trinajstić information content (AvgIpc) is 2.71. The van der Waals surface area contributed by atoms with Crippen LogP contribution >= 0.6 is 0 Å². The lowest BCUT2D eigenvalue weighted by Gasteiger charge is -2.29. The van der Waals surface area contributed by atoms with Crippen LogP contribution in [0.2, 0.25) is 0 Å². The lowest BCUT2D eigenvalue weighted by Crippen LogP contribution is -2.50. The molecule has 2 rings (SSSR count). The van der Waals surface area contributed by atoms with Crippen molar-refractivity contribution in [3.05, 3.63) is 65.0 Å². The summed E-state index contributed by atoms with van der Waals surface area (Å²) in [6, 6.07) is 11.2. The summed E-state index contributed by atoms with van der Waals surface area (Å²) in [5.41, 5.74) is 2.37. The minimum absolute atomic E-state index is 0.0168. The van der Waals surface area contributed by atoms with Crippen molar-refractivity contribution < 1.29 is 18.7 Å². The van der Waals surface area contributed by atoms with Gasteiger partial charge in [-0.25, -0.2) is 4.39 Å². The van der Waals surface area contributed by atoms with Crippen LogP contribution in [0.3, 0.4) is 0 Å². The molecule has 0 heterocycles. The summed E-state index contributed by atoms with van der Waals surface area (Å²) in [6.45, 7) is 9.15. The fraction of sp³-hybridized carbons (Fsp3) is 0.417. The summed E-state index contributed by atoms with van der Waals surface area (Å²) in [4.78, 5) is 27.0. The molecule has 2 amide bonds. The molecule has 30 heavy (non-hydrogen) atoms. The van der Waals surface area contributed by atoms with Gasteiger partial charge in [0.05, 0.1) is 0 Å². The number of carbonyl (C=O) groups is 2. The number of amides is 2. The number of benzene rings is 2. The molecule has 0 saturated carbocycles. The highest BCUT2D eigenvalue weighted by molar-refractivity contribution is 5.88. The highest BCUT2D eigenvalue weighted by Crippen LogP contribution is 2.19. The molecular formula is C24H31FN2O3. The van der Waals surface area contributed by atoms with Crippen molar-refractivity contribution in [1.82, 2.24) is 10.2 Å². The summed E-state index contributed by atoms with van der Waals surface area (Å²) >= 11 is 0. The number of ether oxygens (including phenoxy) is 1. The van der Waals surface area contributed by atoms with Crippen LogP contribution in [-0.4, -0.2) is 35.4 Å². The van der Waals surface area contributed by atoms with E-state index in [9.17, 15) is 14.0 Å². The number of hydrogen-bond acceptors (Lipinski definition) is 3. The van der Waals surface area contributed by atoms with Gasteiger partial charge in [-0.05, 0) is 51.8 Å². The second-order valence-electron chi connectivity index (χ2n) is 7.66. The van der Waals surface area contributed by atoms with Gasteiger partial charge in [0.2, 0.25) is 5.91 Å². The van der Waals surface area contributed by atoms with Gasteiger partial charge >= 0.3 is 0 Å². The molecule has 0 radical (unpaired) electrons. The summed E-state index contributed by atoms with van der Waals surface area (Å²) in [5, 5.41) is 2.89. The summed E-state index contributed by atoms with van der Waals surface area (Å²) in [5.74, 6) is -0.470. The highest BCUT2D eigenvalue weighted by Gasteiger charge is 2.28. The third kappa shape index (κ3) is 6.31. The molecule has 2 atom stereocenters. The van der Waals surface area contributed by atoms with E-state index in [1.807, 2.05) is 45.9 Å². The Balaban J connectivity index is 2.19. The zero-order valence-corrected chi connectivity index (χ0v) is 18.4. The number of halogens is 1. The van der Waals surface area contributed by atoms with Gasteiger partial charge in [-0.3, -0.25) is 9.59 Å². The van der Waals surface area contributed by atoms with E-state index in [1.54, 1.807) is 25.1 Å². The number of carbonyl (C=O) groups excluding carboxylic acids is 2. The highest BCUT2D eigenvalue weighted by atomic mass is 19.1. The van der Waals surface area contributed by atoms with Crippen molar-refractivity contribution >= 4 is 11.8 Å². The van der Waals surface area contributed by atoms with E-state index < -0.39 is 11.9 Å². The van der Waals surface area contributed by atoms with Crippen molar-refractivity contribution in [2.24, 2.45) is 0 Å². The number of hydrogen-bond donors (Lipinski definition) is 1. The van der Waals surface area contributed by atoms with Crippen molar-refractivity contribution in [1.29, 1.82) is 0 Å². The number of nitrogens with one attached hydrogen (secondary N) is 1. The molecule has 0 spiro atoms. The van der Waals surface area contributed by atoms with E-state index in [2.05, 4.69) is 5.32 Å². The second kappa shape index (κ2) is 10.8. The molecule has 6 heteroatoms. The van der Waals surface area contributed by atoms with Gasteiger partial charge in [-0.1, -0.05) is 42.8 Å². The Labute approximate surface area is 178 Å². The van der Waals surface area contributed by atoms with Gasteiger partial charge < -0.3 is 15.0 Å². The van der Waals surface area contributed by atoms with E-state index >= 15 is 0 Å². The molecule has 162 valence electrons. The third-order valence-corrected chi connectivity index (χ3v) is 5.15. The van der Waals surface area contributed by atoms with Crippen LogP contribution in [0, 0.1) is 19.7 Å². The summed E-state index contributed by atoms with van der Waals surface area (Å²) < 4.78 is 19.9. The zero-order valence-electron chi connectivity index (χ0n) is 18.4. The molecule has 0 saturated heterocycles. The molecule has 1 N–H and O–H groups in total. The van der Waals surface area contributed by atoms with Gasteiger partial charge in [0.1, 0.15) is 17.6 Å². The Morgan fingerprint density at radius 2 is 1.83 bits per heavy atom. The smallest absolute Gasteiger partial charge is 0.261 e. The van der Waals surface area contributed by atoms with E-state index in [0.717, 1.165) is 17.5 Å². The first-order valence-corrected chi connectivity index (χ1v) is 10.3. The van der Waals surface area contributed by atoms with Crippen molar-refractivity contribution in [3.8, 4) is 5.75 Å². The molecule has 0 unspecified atom stereocenters. The van der Waals surface area contributed by atoms with E-state index in [4.69, 9.17) is 4.74 Å². The number of rotatable bonds is 9. The molecule has 0 fully saturated rings. The molecule has 2 aromatic carbocycles. The standard InChI is InChI=1S/C24H31FN2O3/c1-6-18(4)26-24(29)19(5)27(14-20-9-7-8-10-21(20)25)23(28)15-30-22-12-11-16(2)13-17(22)3/h7-13,18-19H,6,14-15H2,1-5H3,(H,26,29)/t18-,19-/m0/s1. The third-order valence-electron chi connectivity index (χ3n) is 5.15. The fourth-order valence-corrected chi connectivity index (χ4v) is 3.04. The van der Waals surface area contributed by atoms with Gasteiger partial charge in [-0.2, -0.15) is 0 Å². The van der Waals surface area contributed by atoms with E-state index in [1.165, 1.54) is 11.0 Å². The maximum atomic E-state index is 14.2. The van der Waals surface area contributed by atoms with Gasteiger partial charge in [0.15, 0.2) is 6.61 Å². The Morgan fingerprint density at radius 3 is 2.47 bits per heavy atom.